The number of nitrogens with one attached hydrogen (secondary N) is 1. The van der Waals surface area contributed by atoms with E-state index in [4.69, 9.17) is 16.3 Å². The highest BCUT2D eigenvalue weighted by molar-refractivity contribution is 6.30. The van der Waals surface area contributed by atoms with Gasteiger partial charge in [-0.3, -0.25) is 14.8 Å². The normalized spacial score (nSPS) is 16.0. The molecule has 0 saturated carbocycles. The van der Waals surface area contributed by atoms with Crippen molar-refractivity contribution in [2.45, 2.75) is 26.3 Å². The highest BCUT2D eigenvalue weighted by Gasteiger charge is 2.43. The summed E-state index contributed by atoms with van der Waals surface area (Å²) >= 11 is 6.44. The van der Waals surface area contributed by atoms with Crippen molar-refractivity contribution in [3.8, 4) is 5.75 Å². The summed E-state index contributed by atoms with van der Waals surface area (Å²) in [5.74, 6) is 1.00. The van der Waals surface area contributed by atoms with Gasteiger partial charge in [-0.25, -0.2) is 4.98 Å². The molecule has 1 atom stereocenters. The van der Waals surface area contributed by atoms with E-state index in [0.717, 1.165) is 34.7 Å². The topological polar surface area (TPSA) is 71.1 Å². The molecule has 28 heavy (non-hydrogen) atoms. The Morgan fingerprint density at radius 2 is 2.00 bits per heavy atom. The summed E-state index contributed by atoms with van der Waals surface area (Å²) in [6.07, 6.45) is 2.41. The van der Waals surface area contributed by atoms with Crippen LogP contribution in [0.15, 0.2) is 42.6 Å². The smallest absolute Gasteiger partial charge is 0.277 e. The predicted molar refractivity (Wildman–Crippen MR) is 108 cm³/mol. The van der Waals surface area contributed by atoms with Gasteiger partial charge in [0, 0.05) is 23.0 Å². The van der Waals surface area contributed by atoms with E-state index in [1.165, 1.54) is 0 Å². The number of carbonyl (C=O) groups is 1. The molecule has 4 rings (SSSR count). The van der Waals surface area contributed by atoms with E-state index in [9.17, 15) is 4.79 Å². The minimum absolute atomic E-state index is 0.132. The molecular weight excluding hydrogens is 376 g/mol. The minimum atomic E-state index is -0.385. The fraction of sp³-hybridized carbons (Fsp3) is 0.286. The lowest BCUT2D eigenvalue weighted by Gasteiger charge is -2.27. The Hall–Kier alpha value is -2.86. The fourth-order valence-corrected chi connectivity index (χ4v) is 3.88. The maximum Gasteiger partial charge on any atom is 0.277 e. The molecule has 1 N–H and O–H groups in total. The number of anilines is 1. The molecule has 0 radical (unpaired) electrons. The number of halogens is 1. The van der Waals surface area contributed by atoms with Crippen LogP contribution in [-0.4, -0.2) is 28.2 Å². The first-order chi connectivity index (χ1) is 13.5. The Kier molecular flexibility index (Phi) is 4.81. The van der Waals surface area contributed by atoms with E-state index >= 15 is 0 Å². The number of rotatable bonds is 5. The lowest BCUT2D eigenvalue weighted by Crippen LogP contribution is -2.29. The van der Waals surface area contributed by atoms with E-state index in [1.807, 2.05) is 36.4 Å². The number of fused-ring (bicyclic) bond motifs is 1. The Morgan fingerprint density at radius 3 is 2.64 bits per heavy atom. The Labute approximate surface area is 168 Å². The van der Waals surface area contributed by atoms with Crippen molar-refractivity contribution in [2.24, 2.45) is 5.92 Å². The van der Waals surface area contributed by atoms with Crippen LogP contribution in [0.5, 0.6) is 5.75 Å². The molecule has 0 bridgehead atoms. The molecule has 6 nitrogen and oxygen atoms in total. The van der Waals surface area contributed by atoms with Crippen LogP contribution in [0.1, 0.15) is 47.2 Å². The van der Waals surface area contributed by atoms with E-state index < -0.39 is 0 Å². The molecule has 2 aromatic heterocycles. The number of aromatic amines is 1. The third kappa shape index (κ3) is 3.03. The Balaban J connectivity index is 1.88. The van der Waals surface area contributed by atoms with Crippen molar-refractivity contribution in [3.63, 3.8) is 0 Å². The summed E-state index contributed by atoms with van der Waals surface area (Å²) in [4.78, 5) is 19.3. The molecule has 3 heterocycles. The van der Waals surface area contributed by atoms with Crippen molar-refractivity contribution < 1.29 is 9.53 Å². The second kappa shape index (κ2) is 7.28. The quantitative estimate of drug-likeness (QED) is 0.648. The van der Waals surface area contributed by atoms with Gasteiger partial charge in [0.1, 0.15) is 16.6 Å². The van der Waals surface area contributed by atoms with Crippen LogP contribution in [0, 0.1) is 5.92 Å². The van der Waals surface area contributed by atoms with Gasteiger partial charge >= 0.3 is 0 Å². The Morgan fingerprint density at radius 1 is 1.25 bits per heavy atom. The summed E-state index contributed by atoms with van der Waals surface area (Å²) in [6, 6.07) is 10.8. The van der Waals surface area contributed by atoms with Crippen molar-refractivity contribution in [1.82, 2.24) is 15.2 Å². The van der Waals surface area contributed by atoms with Gasteiger partial charge in [-0.1, -0.05) is 31.5 Å². The van der Waals surface area contributed by atoms with E-state index in [-0.39, 0.29) is 11.9 Å². The van der Waals surface area contributed by atoms with Crippen LogP contribution in [0.25, 0.3) is 0 Å². The number of amides is 1. The van der Waals surface area contributed by atoms with Gasteiger partial charge in [0.05, 0.1) is 18.8 Å². The second-order valence-corrected chi connectivity index (χ2v) is 7.57. The van der Waals surface area contributed by atoms with Gasteiger partial charge < -0.3 is 4.74 Å². The monoisotopic (exact) mass is 396 g/mol. The van der Waals surface area contributed by atoms with E-state index in [2.05, 4.69) is 29.0 Å². The third-order valence-corrected chi connectivity index (χ3v) is 5.20. The van der Waals surface area contributed by atoms with Crippen LogP contribution in [0.3, 0.4) is 0 Å². The summed E-state index contributed by atoms with van der Waals surface area (Å²) < 4.78 is 5.25. The number of hydrogen-bond donors (Lipinski definition) is 1. The average molecular weight is 397 g/mol. The lowest BCUT2D eigenvalue weighted by atomic mass is 9.96. The maximum atomic E-state index is 13.3. The largest absolute Gasteiger partial charge is 0.497 e. The molecule has 1 aromatic carbocycles. The summed E-state index contributed by atoms with van der Waals surface area (Å²) in [7, 11) is 1.61. The number of nitrogens with zero attached hydrogens (tertiary/aromatic N) is 3. The molecule has 0 aliphatic carbocycles. The highest BCUT2D eigenvalue weighted by atomic mass is 35.5. The molecule has 1 aliphatic rings. The highest BCUT2D eigenvalue weighted by Crippen LogP contribution is 2.44. The van der Waals surface area contributed by atoms with Crippen molar-refractivity contribution in [1.29, 1.82) is 0 Å². The third-order valence-electron chi connectivity index (χ3n) is 4.88. The molecule has 0 fully saturated rings. The molecule has 1 amide bonds. The Bertz CT molecular complexity index is 1010. The van der Waals surface area contributed by atoms with Crippen molar-refractivity contribution >= 4 is 23.2 Å². The molecule has 7 heteroatoms. The molecule has 1 aliphatic heterocycles. The zero-order chi connectivity index (χ0) is 19.8. The number of pyridine rings is 1. The van der Waals surface area contributed by atoms with Crippen molar-refractivity contribution in [2.75, 3.05) is 12.0 Å². The molecule has 3 aromatic rings. The van der Waals surface area contributed by atoms with Crippen LogP contribution in [-0.2, 0) is 6.42 Å². The number of ether oxygens (including phenoxy) is 1. The van der Waals surface area contributed by atoms with Gasteiger partial charge in [0.2, 0.25) is 0 Å². The van der Waals surface area contributed by atoms with Crippen molar-refractivity contribution in [3.05, 3.63) is 70.3 Å². The van der Waals surface area contributed by atoms with E-state index in [1.54, 1.807) is 18.2 Å². The van der Waals surface area contributed by atoms with Crippen LogP contribution < -0.4 is 9.64 Å². The van der Waals surface area contributed by atoms with Gasteiger partial charge in [-0.2, -0.15) is 5.10 Å². The zero-order valence-corrected chi connectivity index (χ0v) is 16.7. The maximum absolute atomic E-state index is 13.3. The number of hydrogen-bond acceptors (Lipinski definition) is 4. The molecular formula is C21H21ClN4O2. The average Bonchev–Trinajstić information content (AvgIpc) is 3.21. The van der Waals surface area contributed by atoms with Gasteiger partial charge in [-0.05, 0) is 42.7 Å². The first-order valence-electron chi connectivity index (χ1n) is 9.16. The zero-order valence-electron chi connectivity index (χ0n) is 15.9. The molecule has 0 spiro atoms. The number of H-pyrrole nitrogens is 1. The van der Waals surface area contributed by atoms with Gasteiger partial charge in [0.25, 0.3) is 5.91 Å². The standard InChI is InChI=1S/C21H21ClN4O2/c1-12(2)11-16-17-18(25-24-16)21(27)26(13-6-8-14(28-3)9-7-13)19(17)15-5-4-10-23-20(15)22/h4-10,12,19H,11H2,1-3H3,(H,24,25). The number of methoxy groups -OCH3 is 1. The summed E-state index contributed by atoms with van der Waals surface area (Å²) in [6.45, 7) is 4.26. The number of carbonyl (C=O) groups excluding carboxylic acids is 1. The fourth-order valence-electron chi connectivity index (χ4n) is 3.66. The molecule has 1 unspecified atom stereocenters. The number of benzene rings is 1. The van der Waals surface area contributed by atoms with Crippen LogP contribution in [0.2, 0.25) is 5.15 Å². The SMILES string of the molecule is COc1ccc(N2C(=O)c3[nH]nc(CC(C)C)c3C2c2cccnc2Cl)cc1. The summed E-state index contributed by atoms with van der Waals surface area (Å²) in [5.41, 5.74) is 3.81. The molecule has 144 valence electrons. The van der Waals surface area contributed by atoms with E-state index in [0.29, 0.717) is 16.8 Å². The van der Waals surface area contributed by atoms with Gasteiger partial charge in [0.15, 0.2) is 0 Å². The predicted octanol–water partition coefficient (Wildman–Crippen LogP) is 4.42. The summed E-state index contributed by atoms with van der Waals surface area (Å²) in [5, 5.41) is 7.76. The van der Waals surface area contributed by atoms with Crippen LogP contribution in [0.4, 0.5) is 5.69 Å². The molecule has 0 saturated heterocycles. The second-order valence-electron chi connectivity index (χ2n) is 7.22. The first kappa shape index (κ1) is 18.5. The van der Waals surface area contributed by atoms with Crippen LogP contribution >= 0.6 is 11.6 Å². The number of aromatic nitrogens is 3. The first-order valence-corrected chi connectivity index (χ1v) is 9.54. The van der Waals surface area contributed by atoms with Gasteiger partial charge in [-0.15, -0.1) is 0 Å². The minimum Gasteiger partial charge on any atom is -0.497 e. The lowest BCUT2D eigenvalue weighted by molar-refractivity contribution is 0.0988.